The second-order valence-electron chi connectivity index (χ2n) is 6.97. The Hall–Kier alpha value is -1.83. The number of ether oxygens (including phenoxy) is 1. The van der Waals surface area contributed by atoms with Gasteiger partial charge in [0, 0.05) is 13.1 Å². The van der Waals surface area contributed by atoms with Gasteiger partial charge in [-0.15, -0.1) is 0 Å². The first kappa shape index (κ1) is 17.6. The molecule has 2 fully saturated rings. The highest BCUT2D eigenvalue weighted by molar-refractivity contribution is 6.99. The summed E-state index contributed by atoms with van der Waals surface area (Å²) in [4.78, 5) is 17.6. The first-order valence-electron chi connectivity index (χ1n) is 9.23. The zero-order chi connectivity index (χ0) is 17.9. The lowest BCUT2D eigenvalue weighted by Crippen LogP contribution is -2.51. The topological polar surface area (TPSA) is 58.6 Å². The van der Waals surface area contributed by atoms with E-state index in [2.05, 4.69) is 25.8 Å². The summed E-state index contributed by atoms with van der Waals surface area (Å²) in [5.41, 5.74) is 2.29. The highest BCUT2D eigenvalue weighted by Gasteiger charge is 2.38. The summed E-state index contributed by atoms with van der Waals surface area (Å²) < 4.78 is 14.6. The fourth-order valence-electron chi connectivity index (χ4n) is 3.94. The second-order valence-corrected chi connectivity index (χ2v) is 7.50. The van der Waals surface area contributed by atoms with Crippen LogP contribution in [-0.4, -0.2) is 63.3 Å². The van der Waals surface area contributed by atoms with E-state index in [4.69, 9.17) is 4.74 Å². The highest BCUT2D eigenvalue weighted by atomic mass is 32.1. The van der Waals surface area contributed by atoms with Crippen molar-refractivity contribution in [1.82, 2.24) is 18.5 Å². The number of hydrogen-bond donors (Lipinski definition) is 0. The predicted octanol–water partition coefficient (Wildman–Crippen LogP) is 2.52. The van der Waals surface area contributed by atoms with Crippen LogP contribution in [0.4, 0.5) is 0 Å². The van der Waals surface area contributed by atoms with Gasteiger partial charge < -0.3 is 14.5 Å². The second kappa shape index (κ2) is 7.82. The van der Waals surface area contributed by atoms with E-state index in [0.717, 1.165) is 36.9 Å². The summed E-state index contributed by atoms with van der Waals surface area (Å²) >= 11 is 1.10. The Morgan fingerprint density at radius 3 is 2.65 bits per heavy atom. The molecular formula is C19H24N4O2S. The van der Waals surface area contributed by atoms with Gasteiger partial charge in [-0.2, -0.15) is 8.75 Å². The molecule has 0 radical (unpaired) electrons. The summed E-state index contributed by atoms with van der Waals surface area (Å²) in [5.74, 6) is -0.0418. The van der Waals surface area contributed by atoms with Crippen LogP contribution < -0.4 is 0 Å². The predicted molar refractivity (Wildman–Crippen MR) is 100 cm³/mol. The normalized spacial score (nSPS) is 24.1. The molecular weight excluding hydrogens is 348 g/mol. The minimum absolute atomic E-state index is 0.0277. The largest absolute Gasteiger partial charge is 0.373 e. The monoisotopic (exact) mass is 372 g/mol. The van der Waals surface area contributed by atoms with E-state index in [1.165, 1.54) is 12.8 Å². The maximum absolute atomic E-state index is 13.2. The van der Waals surface area contributed by atoms with Crippen molar-refractivity contribution in [2.45, 2.75) is 31.9 Å². The Bertz CT molecular complexity index is 745. The van der Waals surface area contributed by atoms with Crippen LogP contribution in [-0.2, 0) is 4.74 Å². The molecule has 26 heavy (non-hydrogen) atoms. The molecule has 7 heteroatoms. The quantitative estimate of drug-likeness (QED) is 0.825. The van der Waals surface area contributed by atoms with Crippen molar-refractivity contribution >= 4 is 17.6 Å². The van der Waals surface area contributed by atoms with Gasteiger partial charge in [0.2, 0.25) is 0 Å². The Morgan fingerprint density at radius 2 is 1.96 bits per heavy atom. The van der Waals surface area contributed by atoms with Crippen LogP contribution in [0.1, 0.15) is 40.6 Å². The molecule has 2 aliphatic rings. The number of carbonyl (C=O) groups is 1. The first-order valence-corrected chi connectivity index (χ1v) is 9.96. The third-order valence-electron chi connectivity index (χ3n) is 5.25. The lowest BCUT2D eigenvalue weighted by molar-refractivity contribution is -0.0708. The fourth-order valence-corrected chi connectivity index (χ4v) is 4.48. The fraction of sp³-hybridized carbons (Fsp3) is 0.526. The van der Waals surface area contributed by atoms with E-state index in [1.54, 1.807) is 0 Å². The molecule has 0 aliphatic carbocycles. The van der Waals surface area contributed by atoms with Gasteiger partial charge in [0.25, 0.3) is 5.91 Å². The van der Waals surface area contributed by atoms with Crippen LogP contribution >= 0.6 is 11.7 Å². The molecule has 0 saturated carbocycles. The molecule has 6 nitrogen and oxygen atoms in total. The smallest absolute Gasteiger partial charge is 0.276 e. The number of likely N-dealkylation sites (tertiary alicyclic amines) is 1. The van der Waals surface area contributed by atoms with Gasteiger partial charge in [-0.3, -0.25) is 4.79 Å². The van der Waals surface area contributed by atoms with Crippen molar-refractivity contribution in [3.05, 3.63) is 47.3 Å². The minimum Gasteiger partial charge on any atom is -0.373 e. The van der Waals surface area contributed by atoms with E-state index in [0.29, 0.717) is 24.5 Å². The van der Waals surface area contributed by atoms with Gasteiger partial charge in [0.1, 0.15) is 0 Å². The average molecular weight is 372 g/mol. The molecule has 2 aromatic rings. The zero-order valence-electron chi connectivity index (χ0n) is 15.0. The number of benzene rings is 1. The van der Waals surface area contributed by atoms with E-state index in [1.807, 2.05) is 30.0 Å². The molecule has 1 aromatic carbocycles. The lowest BCUT2D eigenvalue weighted by atomic mass is 9.97. The summed E-state index contributed by atoms with van der Waals surface area (Å²) in [7, 11) is 0. The molecule has 0 unspecified atom stereocenters. The van der Waals surface area contributed by atoms with Crippen LogP contribution in [0.15, 0.2) is 30.3 Å². The molecule has 2 aliphatic heterocycles. The molecule has 2 atom stereocenters. The average Bonchev–Trinajstić information content (AvgIpc) is 3.33. The number of rotatable bonds is 4. The molecule has 0 N–H and O–H groups in total. The summed E-state index contributed by atoms with van der Waals surface area (Å²) in [6.07, 6.45) is 2.46. The number of amides is 1. The molecule has 0 bridgehead atoms. The van der Waals surface area contributed by atoms with Crippen LogP contribution in [0.2, 0.25) is 0 Å². The van der Waals surface area contributed by atoms with Crippen LogP contribution in [0, 0.1) is 6.92 Å². The van der Waals surface area contributed by atoms with E-state index < -0.39 is 0 Å². The van der Waals surface area contributed by atoms with E-state index in [-0.39, 0.29) is 18.1 Å². The highest BCUT2D eigenvalue weighted by Crippen LogP contribution is 2.32. The number of nitrogens with zero attached hydrogens (tertiary/aromatic N) is 4. The number of morpholine rings is 1. The van der Waals surface area contributed by atoms with Gasteiger partial charge in [-0.05, 0) is 38.4 Å². The van der Waals surface area contributed by atoms with Gasteiger partial charge >= 0.3 is 0 Å². The molecule has 1 aromatic heterocycles. The molecule has 138 valence electrons. The Labute approximate surface area is 158 Å². The lowest BCUT2D eigenvalue weighted by Gasteiger charge is -2.42. The van der Waals surface area contributed by atoms with Gasteiger partial charge in [0.15, 0.2) is 5.69 Å². The Kier molecular flexibility index (Phi) is 5.28. The third-order valence-corrected chi connectivity index (χ3v) is 5.87. The van der Waals surface area contributed by atoms with Crippen molar-refractivity contribution < 1.29 is 9.53 Å². The van der Waals surface area contributed by atoms with Crippen LogP contribution in [0.5, 0.6) is 0 Å². The summed E-state index contributed by atoms with van der Waals surface area (Å²) in [6.45, 7) is 6.07. The number of carbonyl (C=O) groups excluding carboxylic acids is 1. The van der Waals surface area contributed by atoms with E-state index in [9.17, 15) is 4.79 Å². The third kappa shape index (κ3) is 3.51. The molecule has 4 rings (SSSR count). The standard InChI is InChI=1S/C19H24N4O2S/c1-14-17(21-26-20-14)19(24)23-11-12-25-16(13-22-9-5-6-10-22)18(23)15-7-3-2-4-8-15/h2-4,7-8,16,18H,5-6,9-13H2,1H3/t16-,18-/m0/s1. The maximum Gasteiger partial charge on any atom is 0.276 e. The molecule has 1 amide bonds. The summed E-state index contributed by atoms with van der Waals surface area (Å²) in [5, 5.41) is 0. The van der Waals surface area contributed by atoms with Crippen molar-refractivity contribution in [2.24, 2.45) is 0 Å². The number of aromatic nitrogens is 2. The molecule has 3 heterocycles. The van der Waals surface area contributed by atoms with Crippen molar-refractivity contribution in [2.75, 3.05) is 32.8 Å². The van der Waals surface area contributed by atoms with Crippen molar-refractivity contribution in [1.29, 1.82) is 0 Å². The Morgan fingerprint density at radius 1 is 1.19 bits per heavy atom. The first-order chi connectivity index (χ1) is 12.7. The van der Waals surface area contributed by atoms with E-state index >= 15 is 0 Å². The SMILES string of the molecule is Cc1nsnc1C(=O)N1CCO[C@@H](CN2CCCC2)[C@@H]1c1ccccc1. The number of hydrogen-bond acceptors (Lipinski definition) is 6. The van der Waals surface area contributed by atoms with Crippen molar-refractivity contribution in [3.8, 4) is 0 Å². The van der Waals surface area contributed by atoms with Gasteiger partial charge in [0.05, 0.1) is 36.2 Å². The van der Waals surface area contributed by atoms with Gasteiger partial charge in [-0.25, -0.2) is 0 Å². The van der Waals surface area contributed by atoms with Crippen molar-refractivity contribution in [3.63, 3.8) is 0 Å². The number of aryl methyl sites for hydroxylation is 1. The molecule has 2 saturated heterocycles. The van der Waals surface area contributed by atoms with Crippen LogP contribution in [0.25, 0.3) is 0 Å². The minimum atomic E-state index is -0.0980. The van der Waals surface area contributed by atoms with Crippen LogP contribution in [0.3, 0.4) is 0 Å². The zero-order valence-corrected chi connectivity index (χ0v) is 15.8. The summed E-state index contributed by atoms with van der Waals surface area (Å²) in [6, 6.07) is 10.1. The molecule has 0 spiro atoms. The maximum atomic E-state index is 13.2. The van der Waals surface area contributed by atoms with Gasteiger partial charge in [-0.1, -0.05) is 30.3 Å². The Balaban J connectivity index is 1.64.